The lowest BCUT2D eigenvalue weighted by Crippen LogP contribution is -2.32. The summed E-state index contributed by atoms with van der Waals surface area (Å²) in [5.41, 5.74) is 6.64. The Labute approximate surface area is 653 Å². The smallest absolute Gasteiger partial charge is 0.407 e. The van der Waals surface area contributed by atoms with Gasteiger partial charge < -0.3 is 68.7 Å². The van der Waals surface area contributed by atoms with Gasteiger partial charge in [-0.2, -0.15) is 0 Å². The zero-order valence-corrected chi connectivity index (χ0v) is 69.7. The van der Waals surface area contributed by atoms with Crippen LogP contribution in [0.4, 0.5) is 4.79 Å². The number of unbranched alkanes of at least 4 members (excludes halogenated alkanes) is 1. The number of alkyl halides is 3. The molecule has 7 aromatic carbocycles. The van der Waals surface area contributed by atoms with Gasteiger partial charge in [-0.25, -0.2) is 14.4 Å². The minimum atomic E-state index is -0.991. The van der Waals surface area contributed by atoms with Crippen LogP contribution >= 0.6 is 111 Å². The Balaban J connectivity index is 0. The van der Waals surface area contributed by atoms with Crippen molar-refractivity contribution in [3.8, 4) is 40.2 Å². The van der Waals surface area contributed by atoms with Gasteiger partial charge in [-0.1, -0.05) is 145 Å². The van der Waals surface area contributed by atoms with Crippen molar-refractivity contribution in [1.82, 2.24) is 5.32 Å². The summed E-state index contributed by atoms with van der Waals surface area (Å²) in [6.07, 6.45) is 2.71. The van der Waals surface area contributed by atoms with Crippen LogP contribution in [0.5, 0.6) is 40.2 Å². The van der Waals surface area contributed by atoms with Gasteiger partial charge in [0.1, 0.15) is 77.4 Å². The largest absolute Gasteiger partial charge is 0.508 e. The maximum atomic E-state index is 11.4. The number of benzene rings is 7. The number of aliphatic hydroxyl groups excluding tert-OH is 3. The number of aryl methyl sites for hydroxylation is 4. The molecule has 0 aliphatic heterocycles. The first-order valence-electron chi connectivity index (χ1n) is 31.9. The van der Waals surface area contributed by atoms with Crippen molar-refractivity contribution in [2.75, 3.05) is 33.0 Å². The molecular formula is C76H99Br5Cl3NO16. The third-order valence-electron chi connectivity index (χ3n) is 12.0. The lowest BCUT2D eigenvalue weighted by molar-refractivity contribution is -0.152. The molecule has 0 fully saturated rings. The van der Waals surface area contributed by atoms with Gasteiger partial charge in [-0.05, 0) is 244 Å². The van der Waals surface area contributed by atoms with Gasteiger partial charge in [0.25, 0.3) is 0 Å². The topological polar surface area (TPSA) is 238 Å². The summed E-state index contributed by atoms with van der Waals surface area (Å²) in [5.74, 6) is 3.38. The predicted molar refractivity (Wildman–Crippen MR) is 426 cm³/mol. The number of carbonyl (C=O) groups excluding carboxylic acids is 3. The zero-order valence-electron chi connectivity index (χ0n) is 59.5. The monoisotopic (exact) mass is 1780 g/mol. The number of rotatable bonds is 23. The molecule has 0 heterocycles. The fourth-order valence-corrected chi connectivity index (χ4v) is 8.66. The van der Waals surface area contributed by atoms with Crippen LogP contribution in [-0.2, 0) is 43.4 Å². The molecule has 6 N–H and O–H groups in total. The Hall–Kier alpha value is -5.76. The Morgan fingerprint density at radius 3 is 1.41 bits per heavy atom. The van der Waals surface area contributed by atoms with Crippen molar-refractivity contribution >= 4 is 129 Å². The molecule has 560 valence electrons. The highest BCUT2D eigenvalue weighted by Gasteiger charge is 2.18. The van der Waals surface area contributed by atoms with E-state index in [0.717, 1.165) is 55.1 Å². The van der Waals surface area contributed by atoms with Crippen molar-refractivity contribution in [1.29, 1.82) is 0 Å². The van der Waals surface area contributed by atoms with Gasteiger partial charge in [0, 0.05) is 34.8 Å². The number of nitrogens with one attached hydrogen (secondary N) is 1. The fourth-order valence-electron chi connectivity index (χ4n) is 7.13. The van der Waals surface area contributed by atoms with Crippen LogP contribution in [-0.4, -0.2) is 111 Å². The number of carbonyl (C=O) groups is 3. The second-order valence-corrected chi connectivity index (χ2v) is 26.9. The molecule has 7 rings (SSSR count). The van der Waals surface area contributed by atoms with E-state index < -0.39 is 34.2 Å². The lowest BCUT2D eigenvalue weighted by Gasteiger charge is -2.19. The Bertz CT molecular complexity index is 3330. The number of phenolic OH excluding ortho intramolecular Hbond substituents is 2. The third kappa shape index (κ3) is 51.1. The summed E-state index contributed by atoms with van der Waals surface area (Å²) in [7, 11) is 0. The van der Waals surface area contributed by atoms with Crippen molar-refractivity contribution in [3.05, 3.63) is 217 Å². The maximum absolute atomic E-state index is 11.4. The number of esters is 2. The minimum absolute atomic E-state index is 0.0281. The van der Waals surface area contributed by atoms with Gasteiger partial charge in [0.2, 0.25) is 0 Å². The average Bonchev–Trinajstić information content (AvgIpc) is 0.921. The molecule has 0 aromatic heterocycles. The molecule has 0 radical (unpaired) electrons. The molecule has 0 saturated heterocycles. The molecular weight excluding hydrogens is 1690 g/mol. The van der Waals surface area contributed by atoms with E-state index in [-0.39, 0.29) is 42.9 Å². The summed E-state index contributed by atoms with van der Waals surface area (Å²) in [6, 6.07) is 49.5. The number of halogens is 8. The van der Waals surface area contributed by atoms with E-state index in [1.807, 2.05) is 152 Å². The molecule has 4 atom stereocenters. The third-order valence-corrected chi connectivity index (χ3v) is 13.8. The summed E-state index contributed by atoms with van der Waals surface area (Å²) in [5, 5.41) is 47.2. The van der Waals surface area contributed by atoms with Crippen LogP contribution in [0.2, 0.25) is 0 Å². The van der Waals surface area contributed by atoms with Crippen LogP contribution in [0.25, 0.3) is 0 Å². The SMILES string of the molecule is BrBr.C=CCNC(=O)OC(C)(C)C.CCCCc1cc(C)ccc1O[C@H](C)CO.CCOC(=O)[C@@H](C)Oc1ccc(C)cc1Br.CCOC(=O)[C@H](C)O.Cc1ccc(O[C@H](C)CO)c(Br)c1.ClC(Cl)Cl.Oc1ccc(OCc2ccccc2)cc1.Oc1ccc(OCc2ccccc2)cc1Br. The quantitative estimate of drug-likeness (QED) is 0.0151. The summed E-state index contributed by atoms with van der Waals surface area (Å²) in [6.45, 7) is 29.7. The Morgan fingerprint density at radius 2 is 1.00 bits per heavy atom. The highest BCUT2D eigenvalue weighted by Crippen LogP contribution is 2.30. The standard InChI is InChI=1S/C14H22O2.C13H11BrO2.C13H12O2.C12H15BrO3.C10H13BrO2.C8H15NO2.C5H10O3.CHCl3.Br2/c1-4-5-6-13-9-11(2)7-8-14(13)16-12(3)10-15;14-12-8-11(6-7-13(12)15)16-9-10-4-2-1-3-5-10;14-12-6-8-13(9-7-12)15-10-11-4-2-1-3-5-11;1-4-15-12(14)9(3)16-11-6-5-8(2)7-10(11)13;1-7-3-4-10(9(11)5-7)13-8(2)6-12;1-5-6-9-7(10)11-8(2,3)4;1-3-8-5(7)4(2)6;2-1(3)4;1-2/h7-9,12,15H,4-6,10H2,1-3H3;1-8,15H,9H2;1-9,14H,10H2;5-7,9H,4H2,1-3H3;3-5,8,12H,6H2,1-2H3;5H,1,6H2,2-4H3,(H,9,10);4,6H,3H2,1-2H3;1H;/t12-;;;9-;8-;;4-;;/m1..11.0../s1. The number of hydrogen-bond acceptors (Lipinski definition) is 16. The number of ether oxygens (including phenoxy) is 8. The second-order valence-electron chi connectivity index (χ2n) is 22.3. The lowest BCUT2D eigenvalue weighted by atomic mass is 10.0. The molecule has 0 aliphatic carbocycles. The first kappa shape index (κ1) is 97.3. The van der Waals surface area contributed by atoms with Crippen molar-refractivity contribution < 1.29 is 77.8 Å². The number of alkyl carbamates (subject to hydrolysis) is 1. The maximum Gasteiger partial charge on any atom is 0.407 e. The van der Waals surface area contributed by atoms with Gasteiger partial charge in [-0.15, -0.1) is 6.58 Å². The molecule has 1 amide bonds. The molecule has 0 aliphatic rings. The van der Waals surface area contributed by atoms with Crippen molar-refractivity contribution in [2.45, 2.75) is 157 Å². The van der Waals surface area contributed by atoms with E-state index in [0.29, 0.717) is 43.2 Å². The molecule has 25 heteroatoms. The Kier molecular flexibility index (Phi) is 56.5. The predicted octanol–water partition coefficient (Wildman–Crippen LogP) is 20.7. The van der Waals surface area contributed by atoms with E-state index in [2.05, 4.69) is 119 Å². The molecule has 0 saturated carbocycles. The number of aliphatic hydroxyl groups is 3. The first-order chi connectivity index (χ1) is 47.8. The van der Waals surface area contributed by atoms with Gasteiger partial charge in [0.15, 0.2) is 10.4 Å². The summed E-state index contributed by atoms with van der Waals surface area (Å²) in [4.78, 5) is 32.5. The molecule has 17 nitrogen and oxygen atoms in total. The van der Waals surface area contributed by atoms with E-state index in [1.54, 1.807) is 69.3 Å². The summed E-state index contributed by atoms with van der Waals surface area (Å²) < 4.78 is 43.6. The van der Waals surface area contributed by atoms with E-state index in [4.69, 9.17) is 88.4 Å². The zero-order chi connectivity index (χ0) is 76.9. The Morgan fingerprint density at radius 1 is 0.574 bits per heavy atom. The molecule has 0 spiro atoms. The van der Waals surface area contributed by atoms with Crippen LogP contribution < -0.4 is 29.0 Å². The number of amides is 1. The van der Waals surface area contributed by atoms with Gasteiger partial charge in [-0.3, -0.25) is 0 Å². The van der Waals surface area contributed by atoms with Crippen LogP contribution in [0, 0.1) is 20.8 Å². The summed E-state index contributed by atoms with van der Waals surface area (Å²) >= 11 is 29.9. The van der Waals surface area contributed by atoms with Crippen LogP contribution in [0.3, 0.4) is 0 Å². The molecule has 0 bridgehead atoms. The highest BCUT2D eigenvalue weighted by atomic mass is 80.9. The van der Waals surface area contributed by atoms with Crippen molar-refractivity contribution in [2.24, 2.45) is 0 Å². The second kappa shape index (κ2) is 58.6. The first-order valence-corrected chi connectivity index (χ1v) is 39.3. The number of hydrogen-bond donors (Lipinski definition) is 6. The average molecular weight is 1790 g/mol. The fraction of sp³-hybridized carbons (Fsp3) is 0.382. The highest BCUT2D eigenvalue weighted by molar-refractivity contribution is 9.93. The number of aromatic hydroxyl groups is 2. The van der Waals surface area contributed by atoms with E-state index in [9.17, 15) is 19.5 Å². The van der Waals surface area contributed by atoms with Crippen LogP contribution in [0.1, 0.15) is 115 Å². The molecule has 101 heavy (non-hydrogen) atoms. The van der Waals surface area contributed by atoms with Gasteiger partial charge in [0.05, 0.1) is 39.8 Å². The van der Waals surface area contributed by atoms with E-state index >= 15 is 0 Å². The minimum Gasteiger partial charge on any atom is -0.508 e. The molecule has 0 unspecified atom stereocenters. The molecule has 7 aromatic rings. The van der Waals surface area contributed by atoms with E-state index in [1.165, 1.54) is 36.5 Å². The van der Waals surface area contributed by atoms with Crippen molar-refractivity contribution in [3.63, 3.8) is 0 Å². The normalized spacial score (nSPS) is 11.1. The van der Waals surface area contributed by atoms with Gasteiger partial charge >= 0.3 is 18.0 Å². The van der Waals surface area contributed by atoms with Crippen LogP contribution in [0.15, 0.2) is 184 Å². The number of phenols is 2.